The van der Waals surface area contributed by atoms with E-state index in [2.05, 4.69) is 24.0 Å². The van der Waals surface area contributed by atoms with Crippen LogP contribution >= 0.6 is 11.3 Å². The monoisotopic (exact) mass is 447 g/mol. The van der Waals surface area contributed by atoms with Gasteiger partial charge in [-0.15, -0.1) is 11.3 Å². The van der Waals surface area contributed by atoms with Crippen LogP contribution in [0.15, 0.2) is 9.59 Å². The van der Waals surface area contributed by atoms with Crippen LogP contribution in [0.25, 0.3) is 10.2 Å². The number of nitrogens with zero attached hydrogens (tertiary/aromatic N) is 4. The number of aliphatic hydroxyl groups excluding tert-OH is 1. The second kappa shape index (κ2) is 8.34. The number of thiophene rings is 1. The Balaban J connectivity index is 1.94. The van der Waals surface area contributed by atoms with Gasteiger partial charge in [0.15, 0.2) is 0 Å². The van der Waals surface area contributed by atoms with Crippen molar-refractivity contribution in [3.05, 3.63) is 48.2 Å². The number of β-amino-alcohol motifs (C(OH)–C–C–N with tert-alkyl or cyclic N) is 1. The highest BCUT2D eigenvalue weighted by Crippen LogP contribution is 2.33. The summed E-state index contributed by atoms with van der Waals surface area (Å²) >= 11 is 1.49. The molecule has 1 atom stereocenters. The molecule has 0 amide bonds. The lowest BCUT2D eigenvalue weighted by molar-refractivity contribution is -0.117. The van der Waals surface area contributed by atoms with E-state index in [-0.39, 0.29) is 23.8 Å². The molecule has 0 saturated carbocycles. The maximum absolute atomic E-state index is 13.2. The van der Waals surface area contributed by atoms with Crippen LogP contribution in [-0.4, -0.2) is 48.8 Å². The summed E-state index contributed by atoms with van der Waals surface area (Å²) in [5, 5.41) is 19.5. The van der Waals surface area contributed by atoms with Crippen molar-refractivity contribution in [2.24, 2.45) is 13.0 Å². The summed E-state index contributed by atoms with van der Waals surface area (Å²) in [5.41, 5.74) is 3.26. The zero-order valence-electron chi connectivity index (χ0n) is 18.6. The molecule has 2 N–H and O–H groups in total. The number of H-pyrrole nitrogens is 1. The van der Waals surface area contributed by atoms with E-state index in [9.17, 15) is 14.7 Å². The first kappa shape index (κ1) is 21.9. The SMILES string of the molecule is Cc1n[nH]c(C)c1Cc1sc2c(c1CN1CC(O)CO1)c(=O)n(C)c(=O)n2CC(C)C. The summed E-state index contributed by atoms with van der Waals surface area (Å²) in [6, 6.07) is 0. The molecular formula is C21H29N5O4S. The van der Waals surface area contributed by atoms with Gasteiger partial charge in [-0.05, 0) is 25.3 Å². The Morgan fingerprint density at radius 1 is 1.29 bits per heavy atom. The third-order valence-electron chi connectivity index (χ3n) is 5.72. The van der Waals surface area contributed by atoms with Gasteiger partial charge in [-0.2, -0.15) is 10.2 Å². The predicted octanol–water partition coefficient (Wildman–Crippen LogP) is 1.46. The Kier molecular flexibility index (Phi) is 5.91. The minimum atomic E-state index is -0.548. The first-order valence-electron chi connectivity index (χ1n) is 10.5. The zero-order chi connectivity index (χ0) is 22.4. The molecule has 1 saturated heterocycles. The fraction of sp³-hybridized carbons (Fsp3) is 0.571. The average molecular weight is 448 g/mol. The van der Waals surface area contributed by atoms with Crippen LogP contribution in [0.1, 0.15) is 41.2 Å². The average Bonchev–Trinajstić information content (AvgIpc) is 3.37. The molecule has 1 unspecified atom stereocenters. The Hall–Kier alpha value is -2.27. The van der Waals surface area contributed by atoms with Gasteiger partial charge in [0.1, 0.15) is 4.83 Å². The molecule has 0 bridgehead atoms. The van der Waals surface area contributed by atoms with Gasteiger partial charge in [0.2, 0.25) is 0 Å². The quantitative estimate of drug-likeness (QED) is 0.593. The highest BCUT2D eigenvalue weighted by Gasteiger charge is 2.27. The van der Waals surface area contributed by atoms with Gasteiger partial charge in [0.05, 0.1) is 36.9 Å². The first-order valence-corrected chi connectivity index (χ1v) is 11.3. The van der Waals surface area contributed by atoms with E-state index in [0.29, 0.717) is 36.3 Å². The molecule has 168 valence electrons. The van der Waals surface area contributed by atoms with E-state index < -0.39 is 6.10 Å². The molecule has 1 aliphatic rings. The van der Waals surface area contributed by atoms with Crippen LogP contribution in [0.4, 0.5) is 0 Å². The van der Waals surface area contributed by atoms with Crippen molar-refractivity contribution in [1.82, 2.24) is 24.4 Å². The van der Waals surface area contributed by atoms with Crippen molar-refractivity contribution in [3.8, 4) is 0 Å². The molecule has 0 spiro atoms. The van der Waals surface area contributed by atoms with Crippen LogP contribution in [0.2, 0.25) is 0 Å². The smallest absolute Gasteiger partial charge is 0.331 e. The minimum Gasteiger partial charge on any atom is -0.389 e. The van der Waals surface area contributed by atoms with Crippen LogP contribution in [0.3, 0.4) is 0 Å². The second-order valence-corrected chi connectivity index (χ2v) is 9.78. The molecule has 3 aromatic heterocycles. The van der Waals surface area contributed by atoms with Gasteiger partial charge < -0.3 is 5.11 Å². The van der Waals surface area contributed by atoms with Crippen LogP contribution in [0, 0.1) is 19.8 Å². The summed E-state index contributed by atoms with van der Waals surface area (Å²) in [6.45, 7) is 9.57. The number of aromatic nitrogens is 4. The van der Waals surface area contributed by atoms with Gasteiger partial charge in [-0.25, -0.2) is 4.79 Å². The van der Waals surface area contributed by atoms with E-state index in [4.69, 9.17) is 4.84 Å². The largest absolute Gasteiger partial charge is 0.389 e. The van der Waals surface area contributed by atoms with Crippen molar-refractivity contribution < 1.29 is 9.94 Å². The van der Waals surface area contributed by atoms with Crippen molar-refractivity contribution in [3.63, 3.8) is 0 Å². The molecule has 0 aliphatic carbocycles. The third kappa shape index (κ3) is 4.00. The minimum absolute atomic E-state index is 0.243. The number of aryl methyl sites for hydroxylation is 2. The summed E-state index contributed by atoms with van der Waals surface area (Å²) < 4.78 is 2.91. The molecule has 0 radical (unpaired) electrons. The number of rotatable bonds is 6. The summed E-state index contributed by atoms with van der Waals surface area (Å²) in [5.74, 6) is 0.253. The Labute approximate surface area is 183 Å². The number of nitrogens with one attached hydrogen (secondary N) is 1. The predicted molar refractivity (Wildman–Crippen MR) is 119 cm³/mol. The van der Waals surface area contributed by atoms with E-state index in [0.717, 1.165) is 27.4 Å². The first-order chi connectivity index (χ1) is 14.7. The van der Waals surface area contributed by atoms with Gasteiger partial charge in [0.25, 0.3) is 5.56 Å². The molecule has 10 heteroatoms. The second-order valence-electron chi connectivity index (χ2n) is 8.70. The van der Waals surface area contributed by atoms with E-state index in [1.165, 1.54) is 23.0 Å². The maximum Gasteiger partial charge on any atom is 0.331 e. The number of aromatic amines is 1. The normalized spacial score (nSPS) is 17.5. The van der Waals surface area contributed by atoms with Crippen LogP contribution in [-0.2, 0) is 31.4 Å². The van der Waals surface area contributed by atoms with Crippen molar-refractivity contribution in [1.29, 1.82) is 0 Å². The maximum atomic E-state index is 13.2. The fourth-order valence-corrected chi connectivity index (χ4v) is 5.40. The van der Waals surface area contributed by atoms with Crippen molar-refractivity contribution in [2.45, 2.75) is 53.3 Å². The third-order valence-corrected chi connectivity index (χ3v) is 6.97. The van der Waals surface area contributed by atoms with Gasteiger partial charge >= 0.3 is 5.69 Å². The van der Waals surface area contributed by atoms with Gasteiger partial charge in [-0.3, -0.25) is 23.9 Å². The molecule has 31 heavy (non-hydrogen) atoms. The molecular weight excluding hydrogens is 418 g/mol. The Morgan fingerprint density at radius 3 is 2.61 bits per heavy atom. The topological polar surface area (TPSA) is 105 Å². The zero-order valence-corrected chi connectivity index (χ0v) is 19.4. The Bertz CT molecular complexity index is 1220. The summed E-state index contributed by atoms with van der Waals surface area (Å²) in [7, 11) is 1.53. The number of hydrogen-bond donors (Lipinski definition) is 2. The van der Waals surface area contributed by atoms with Gasteiger partial charge in [-0.1, -0.05) is 13.8 Å². The van der Waals surface area contributed by atoms with Crippen LogP contribution < -0.4 is 11.2 Å². The van der Waals surface area contributed by atoms with Crippen molar-refractivity contribution in [2.75, 3.05) is 13.2 Å². The molecule has 0 aromatic carbocycles. The number of fused-ring (bicyclic) bond motifs is 1. The fourth-order valence-electron chi connectivity index (χ4n) is 4.08. The van der Waals surface area contributed by atoms with Crippen molar-refractivity contribution >= 4 is 21.6 Å². The lowest BCUT2D eigenvalue weighted by Crippen LogP contribution is -2.38. The van der Waals surface area contributed by atoms with Gasteiger partial charge in [0, 0.05) is 36.1 Å². The molecule has 4 heterocycles. The molecule has 3 aromatic rings. The van der Waals surface area contributed by atoms with Crippen LogP contribution in [0.5, 0.6) is 0 Å². The molecule has 4 rings (SSSR count). The lowest BCUT2D eigenvalue weighted by atomic mass is 10.0. The lowest BCUT2D eigenvalue weighted by Gasteiger charge is -2.15. The highest BCUT2D eigenvalue weighted by molar-refractivity contribution is 7.18. The van der Waals surface area contributed by atoms with E-state index >= 15 is 0 Å². The number of aliphatic hydroxyl groups is 1. The van der Waals surface area contributed by atoms with E-state index in [1.807, 2.05) is 13.8 Å². The summed E-state index contributed by atoms with van der Waals surface area (Å²) in [4.78, 5) is 33.5. The Morgan fingerprint density at radius 2 is 2.03 bits per heavy atom. The standard InChI is InChI=1S/C21H29N5O4S/c1-11(2)7-26-20-18(19(28)24(5)21(26)29)16(9-25-8-14(27)10-30-25)17(31-20)6-15-12(3)22-23-13(15)4/h11,14,27H,6-10H2,1-5H3,(H,22,23). The number of hydroxylamine groups is 2. The molecule has 9 nitrogen and oxygen atoms in total. The van der Waals surface area contributed by atoms with E-state index in [1.54, 1.807) is 9.63 Å². The molecule has 1 fully saturated rings. The highest BCUT2D eigenvalue weighted by atomic mass is 32.1. The molecule has 1 aliphatic heterocycles. The number of hydrogen-bond acceptors (Lipinski definition) is 7. The summed E-state index contributed by atoms with van der Waals surface area (Å²) in [6.07, 6.45) is 0.0619.